The Kier molecular flexibility index (Phi) is 3.89. The Balaban J connectivity index is 2.35. The molecule has 0 aliphatic heterocycles. The smallest absolute Gasteiger partial charge is 0.238 e. The molecular formula is C13H14ClN3O2S. The van der Waals surface area contributed by atoms with Crippen LogP contribution in [0, 0.1) is 6.92 Å². The van der Waals surface area contributed by atoms with Gasteiger partial charge < -0.3 is 11.1 Å². The molecule has 0 unspecified atom stereocenters. The Morgan fingerprint density at radius 3 is 2.30 bits per heavy atom. The first-order valence-corrected chi connectivity index (χ1v) is 7.65. The van der Waals surface area contributed by atoms with Crippen molar-refractivity contribution in [2.75, 3.05) is 11.1 Å². The van der Waals surface area contributed by atoms with Gasteiger partial charge in [-0.05, 0) is 42.8 Å². The first kappa shape index (κ1) is 14.6. The van der Waals surface area contributed by atoms with Crippen molar-refractivity contribution < 1.29 is 8.42 Å². The third-order valence-electron chi connectivity index (χ3n) is 2.75. The second-order valence-electron chi connectivity index (χ2n) is 4.40. The zero-order valence-corrected chi connectivity index (χ0v) is 12.3. The number of nitrogen functional groups attached to an aromatic ring is 1. The molecule has 0 aromatic heterocycles. The molecule has 0 radical (unpaired) electrons. The van der Waals surface area contributed by atoms with Crippen molar-refractivity contribution in [2.45, 2.75) is 11.8 Å². The van der Waals surface area contributed by atoms with Crippen molar-refractivity contribution in [3.63, 3.8) is 0 Å². The van der Waals surface area contributed by atoms with E-state index in [9.17, 15) is 8.42 Å². The Labute approximate surface area is 122 Å². The van der Waals surface area contributed by atoms with Gasteiger partial charge in [0.2, 0.25) is 10.0 Å². The lowest BCUT2D eigenvalue weighted by Crippen LogP contribution is -2.12. The molecule has 0 atom stereocenters. The van der Waals surface area contributed by atoms with E-state index in [4.69, 9.17) is 22.5 Å². The van der Waals surface area contributed by atoms with Crippen molar-refractivity contribution in [2.24, 2.45) is 5.14 Å². The fraction of sp³-hybridized carbons (Fsp3) is 0.0769. The highest BCUT2D eigenvalue weighted by molar-refractivity contribution is 7.89. The van der Waals surface area contributed by atoms with Crippen LogP contribution in [0.25, 0.3) is 0 Å². The molecule has 0 fully saturated rings. The van der Waals surface area contributed by atoms with Gasteiger partial charge in [-0.2, -0.15) is 0 Å². The highest BCUT2D eigenvalue weighted by Gasteiger charge is 2.10. The van der Waals surface area contributed by atoms with Crippen LogP contribution in [0.5, 0.6) is 0 Å². The number of aryl methyl sites for hydroxylation is 1. The first-order valence-electron chi connectivity index (χ1n) is 5.73. The van der Waals surface area contributed by atoms with Gasteiger partial charge in [0.25, 0.3) is 0 Å². The number of hydrogen-bond donors (Lipinski definition) is 3. The fourth-order valence-electron chi connectivity index (χ4n) is 1.70. The van der Waals surface area contributed by atoms with Gasteiger partial charge in [0, 0.05) is 0 Å². The largest absolute Gasteiger partial charge is 0.397 e. The molecule has 7 heteroatoms. The molecule has 0 aliphatic carbocycles. The van der Waals surface area contributed by atoms with Crippen LogP contribution in [0.2, 0.25) is 5.02 Å². The van der Waals surface area contributed by atoms with Crippen LogP contribution in [0.1, 0.15) is 5.56 Å². The monoisotopic (exact) mass is 311 g/mol. The number of hydrogen-bond acceptors (Lipinski definition) is 4. The van der Waals surface area contributed by atoms with E-state index >= 15 is 0 Å². The van der Waals surface area contributed by atoms with E-state index < -0.39 is 10.0 Å². The molecule has 5 N–H and O–H groups in total. The summed E-state index contributed by atoms with van der Waals surface area (Å²) in [5.74, 6) is 0. The Hall–Kier alpha value is -1.76. The average molecular weight is 312 g/mol. The third kappa shape index (κ3) is 3.22. The summed E-state index contributed by atoms with van der Waals surface area (Å²) < 4.78 is 22.5. The fourth-order valence-corrected chi connectivity index (χ4v) is 2.53. The standard InChI is InChI=1S/C13H14ClN3O2S/c1-8-2-4-12(10(14)6-8)17-13-5-3-9(7-11(13)15)20(16,18)19/h2-7,17H,15H2,1H3,(H2,16,18,19). The summed E-state index contributed by atoms with van der Waals surface area (Å²) in [6.07, 6.45) is 0. The van der Waals surface area contributed by atoms with Gasteiger partial charge in [0.15, 0.2) is 0 Å². The molecule has 0 saturated heterocycles. The zero-order chi connectivity index (χ0) is 14.9. The molecule has 5 nitrogen and oxygen atoms in total. The molecule has 2 rings (SSSR count). The number of primary sulfonamides is 1. The predicted molar refractivity (Wildman–Crippen MR) is 81.7 cm³/mol. The van der Waals surface area contributed by atoms with E-state index in [0.717, 1.165) is 5.56 Å². The van der Waals surface area contributed by atoms with Crippen molar-refractivity contribution in [3.8, 4) is 0 Å². The van der Waals surface area contributed by atoms with Gasteiger partial charge in [-0.25, -0.2) is 13.6 Å². The van der Waals surface area contributed by atoms with Crippen molar-refractivity contribution in [3.05, 3.63) is 47.0 Å². The van der Waals surface area contributed by atoms with Gasteiger partial charge in [0.1, 0.15) is 0 Å². The quantitative estimate of drug-likeness (QED) is 0.759. The minimum atomic E-state index is -3.76. The van der Waals surface area contributed by atoms with Crippen LogP contribution in [0.4, 0.5) is 17.1 Å². The number of rotatable bonds is 3. The summed E-state index contributed by atoms with van der Waals surface area (Å²) >= 11 is 6.12. The van der Waals surface area contributed by atoms with E-state index in [1.54, 1.807) is 6.07 Å². The van der Waals surface area contributed by atoms with E-state index in [1.165, 1.54) is 12.1 Å². The summed E-state index contributed by atoms with van der Waals surface area (Å²) in [7, 11) is -3.76. The number of halogens is 1. The number of anilines is 3. The maximum absolute atomic E-state index is 11.2. The van der Waals surface area contributed by atoms with E-state index in [2.05, 4.69) is 5.32 Å². The molecule has 106 valence electrons. The number of benzene rings is 2. The van der Waals surface area contributed by atoms with Crippen LogP contribution in [0.3, 0.4) is 0 Å². The average Bonchev–Trinajstić information content (AvgIpc) is 2.33. The van der Waals surface area contributed by atoms with E-state index in [1.807, 2.05) is 25.1 Å². The molecule has 20 heavy (non-hydrogen) atoms. The SMILES string of the molecule is Cc1ccc(Nc2ccc(S(N)(=O)=O)cc2N)c(Cl)c1. The summed E-state index contributed by atoms with van der Waals surface area (Å²) in [5.41, 5.74) is 8.38. The Morgan fingerprint density at radius 1 is 1.10 bits per heavy atom. The maximum atomic E-state index is 11.2. The lowest BCUT2D eigenvalue weighted by atomic mass is 10.2. The lowest BCUT2D eigenvalue weighted by Gasteiger charge is -2.12. The number of sulfonamides is 1. The second kappa shape index (κ2) is 5.32. The van der Waals surface area contributed by atoms with Gasteiger partial charge in [-0.15, -0.1) is 0 Å². The molecule has 0 saturated carbocycles. The van der Waals surface area contributed by atoms with Crippen LogP contribution >= 0.6 is 11.6 Å². The molecule has 0 amide bonds. The molecule has 0 bridgehead atoms. The summed E-state index contributed by atoms with van der Waals surface area (Å²) in [6.45, 7) is 1.94. The van der Waals surface area contributed by atoms with Crippen LogP contribution in [-0.2, 0) is 10.0 Å². The summed E-state index contributed by atoms with van der Waals surface area (Å²) in [4.78, 5) is -0.0319. The normalized spacial score (nSPS) is 11.3. The molecule has 0 spiro atoms. The van der Waals surface area contributed by atoms with Crippen LogP contribution in [0.15, 0.2) is 41.3 Å². The van der Waals surface area contributed by atoms with Gasteiger partial charge in [-0.3, -0.25) is 0 Å². The van der Waals surface area contributed by atoms with E-state index in [0.29, 0.717) is 16.4 Å². The highest BCUT2D eigenvalue weighted by atomic mass is 35.5. The van der Waals surface area contributed by atoms with E-state index in [-0.39, 0.29) is 10.6 Å². The van der Waals surface area contributed by atoms with Gasteiger partial charge in [-0.1, -0.05) is 17.7 Å². The minimum Gasteiger partial charge on any atom is -0.397 e. The van der Waals surface area contributed by atoms with Crippen LogP contribution in [-0.4, -0.2) is 8.42 Å². The Morgan fingerprint density at radius 2 is 1.75 bits per heavy atom. The highest BCUT2D eigenvalue weighted by Crippen LogP contribution is 2.30. The lowest BCUT2D eigenvalue weighted by molar-refractivity contribution is 0.598. The molecule has 2 aromatic rings. The summed E-state index contributed by atoms with van der Waals surface area (Å²) in [5, 5.41) is 8.65. The molecule has 0 aliphatic rings. The predicted octanol–water partition coefficient (Wildman–Crippen LogP) is 2.62. The van der Waals surface area contributed by atoms with Crippen LogP contribution < -0.4 is 16.2 Å². The summed E-state index contributed by atoms with van der Waals surface area (Å²) in [6, 6.07) is 9.79. The van der Waals surface area contributed by atoms with Crippen molar-refractivity contribution >= 4 is 38.7 Å². The molecular weight excluding hydrogens is 298 g/mol. The third-order valence-corrected chi connectivity index (χ3v) is 3.97. The maximum Gasteiger partial charge on any atom is 0.238 e. The van der Waals surface area contributed by atoms with Crippen molar-refractivity contribution in [1.82, 2.24) is 0 Å². The van der Waals surface area contributed by atoms with Crippen molar-refractivity contribution in [1.29, 1.82) is 0 Å². The second-order valence-corrected chi connectivity index (χ2v) is 6.37. The number of nitrogens with two attached hydrogens (primary N) is 2. The van der Waals surface area contributed by atoms with Gasteiger partial charge >= 0.3 is 0 Å². The molecule has 2 aromatic carbocycles. The first-order chi connectivity index (χ1) is 9.27. The van der Waals surface area contributed by atoms with Gasteiger partial charge in [0.05, 0.1) is 27.0 Å². The molecule has 0 heterocycles. The number of nitrogens with one attached hydrogen (secondary N) is 1. The zero-order valence-electron chi connectivity index (χ0n) is 10.7. The minimum absolute atomic E-state index is 0.0319. The topological polar surface area (TPSA) is 98.2 Å². The Bertz CT molecular complexity index is 760.